The smallest absolute Gasteiger partial charge is 0.0639 e. The van der Waals surface area contributed by atoms with Crippen molar-refractivity contribution in [1.82, 2.24) is 5.32 Å². The van der Waals surface area contributed by atoms with Crippen LogP contribution in [0.4, 0.5) is 5.69 Å². The Kier molecular flexibility index (Phi) is 4.15. The van der Waals surface area contributed by atoms with Gasteiger partial charge in [0, 0.05) is 25.7 Å². The molecule has 0 radical (unpaired) electrons. The normalized spacial score (nSPS) is 23.8. The largest absolute Gasteiger partial charge is 0.395 e. The molecule has 18 heavy (non-hydrogen) atoms. The van der Waals surface area contributed by atoms with Gasteiger partial charge in [0.05, 0.1) is 17.3 Å². The summed E-state index contributed by atoms with van der Waals surface area (Å²) < 4.78 is 0. The first-order valence-corrected chi connectivity index (χ1v) is 6.73. The molecule has 0 aliphatic carbocycles. The summed E-state index contributed by atoms with van der Waals surface area (Å²) in [6, 6.07) is 7.99. The zero-order valence-electron chi connectivity index (χ0n) is 11.0. The van der Waals surface area contributed by atoms with Gasteiger partial charge < -0.3 is 15.3 Å². The van der Waals surface area contributed by atoms with Crippen molar-refractivity contribution < 1.29 is 5.11 Å². The van der Waals surface area contributed by atoms with Crippen LogP contribution in [-0.4, -0.2) is 37.4 Å². The zero-order valence-corrected chi connectivity index (χ0v) is 11.7. The molecule has 1 saturated heterocycles. The molecule has 0 amide bonds. The van der Waals surface area contributed by atoms with Gasteiger partial charge in [-0.3, -0.25) is 0 Å². The summed E-state index contributed by atoms with van der Waals surface area (Å²) in [6.07, 6.45) is 0. The summed E-state index contributed by atoms with van der Waals surface area (Å²) in [4.78, 5) is 2.27. The third kappa shape index (κ3) is 3.16. The second kappa shape index (κ2) is 5.47. The van der Waals surface area contributed by atoms with Crippen LogP contribution in [0.2, 0.25) is 5.02 Å². The van der Waals surface area contributed by atoms with Crippen LogP contribution in [0.5, 0.6) is 0 Å². The van der Waals surface area contributed by atoms with Gasteiger partial charge in [0.1, 0.15) is 0 Å². The highest BCUT2D eigenvalue weighted by atomic mass is 35.5. The Morgan fingerprint density at radius 2 is 2.17 bits per heavy atom. The Labute approximate surface area is 114 Å². The molecule has 0 saturated carbocycles. The average molecular weight is 269 g/mol. The topological polar surface area (TPSA) is 35.5 Å². The number of nitrogens with zero attached hydrogens (tertiary/aromatic N) is 1. The van der Waals surface area contributed by atoms with E-state index in [0.29, 0.717) is 0 Å². The number of hydrogen-bond donors (Lipinski definition) is 2. The van der Waals surface area contributed by atoms with E-state index in [1.807, 2.05) is 24.3 Å². The molecule has 0 spiro atoms. The van der Waals surface area contributed by atoms with E-state index >= 15 is 0 Å². The molecule has 1 fully saturated rings. The van der Waals surface area contributed by atoms with Crippen molar-refractivity contribution in [2.45, 2.75) is 19.9 Å². The maximum atomic E-state index is 9.40. The van der Waals surface area contributed by atoms with E-state index in [1.54, 1.807) is 0 Å². The number of anilines is 1. The van der Waals surface area contributed by atoms with Gasteiger partial charge in [-0.25, -0.2) is 0 Å². The molecule has 1 unspecified atom stereocenters. The molecule has 4 heteroatoms. The van der Waals surface area contributed by atoms with Crippen LogP contribution in [-0.2, 0) is 0 Å². The number of rotatable bonds is 2. The Morgan fingerprint density at radius 1 is 1.44 bits per heavy atom. The van der Waals surface area contributed by atoms with E-state index in [1.165, 1.54) is 0 Å². The van der Waals surface area contributed by atoms with Crippen molar-refractivity contribution in [2.75, 3.05) is 31.1 Å². The summed E-state index contributed by atoms with van der Waals surface area (Å²) in [5.74, 6) is 0. The summed E-state index contributed by atoms with van der Waals surface area (Å²) >= 11 is 6.27. The first kappa shape index (κ1) is 13.7. The Balaban J connectivity index is 2.26. The molecule has 3 nitrogen and oxygen atoms in total. The number of hydrogen-bond acceptors (Lipinski definition) is 3. The van der Waals surface area contributed by atoms with Crippen LogP contribution in [0.25, 0.3) is 0 Å². The van der Waals surface area contributed by atoms with Crippen molar-refractivity contribution in [3.63, 3.8) is 0 Å². The van der Waals surface area contributed by atoms with Crippen molar-refractivity contribution in [3.8, 4) is 0 Å². The molecule has 1 atom stereocenters. The quantitative estimate of drug-likeness (QED) is 0.863. The zero-order chi connectivity index (χ0) is 13.2. The molecule has 1 aromatic carbocycles. The number of halogens is 1. The van der Waals surface area contributed by atoms with Crippen molar-refractivity contribution in [2.24, 2.45) is 5.41 Å². The molecule has 1 aliphatic rings. The fourth-order valence-electron chi connectivity index (χ4n) is 2.40. The predicted molar refractivity (Wildman–Crippen MR) is 76.3 cm³/mol. The predicted octanol–water partition coefficient (Wildman–Crippen LogP) is 2.14. The van der Waals surface area contributed by atoms with Gasteiger partial charge in [-0.05, 0) is 17.5 Å². The SMILES string of the molecule is CC1(C)CNC(CO)CN(c2ccccc2Cl)C1. The monoisotopic (exact) mass is 268 g/mol. The van der Waals surface area contributed by atoms with Crippen molar-refractivity contribution >= 4 is 17.3 Å². The van der Waals surface area contributed by atoms with Crippen molar-refractivity contribution in [1.29, 1.82) is 0 Å². The summed E-state index contributed by atoms with van der Waals surface area (Å²) in [5.41, 5.74) is 1.21. The number of aliphatic hydroxyl groups excluding tert-OH is 1. The molecule has 100 valence electrons. The minimum Gasteiger partial charge on any atom is -0.395 e. The van der Waals surface area contributed by atoms with Gasteiger partial charge >= 0.3 is 0 Å². The summed E-state index contributed by atoms with van der Waals surface area (Å²) in [6.45, 7) is 7.22. The lowest BCUT2D eigenvalue weighted by Gasteiger charge is -2.31. The highest BCUT2D eigenvalue weighted by Crippen LogP contribution is 2.29. The number of nitrogens with one attached hydrogen (secondary N) is 1. The van der Waals surface area contributed by atoms with E-state index in [2.05, 4.69) is 24.1 Å². The number of para-hydroxylation sites is 1. The molecular formula is C14H21ClN2O. The van der Waals surface area contributed by atoms with E-state index in [4.69, 9.17) is 11.6 Å². The van der Waals surface area contributed by atoms with Gasteiger partial charge in [0.2, 0.25) is 0 Å². The fourth-order valence-corrected chi connectivity index (χ4v) is 2.66. The standard InChI is InChI=1S/C14H21ClN2O/c1-14(2)9-16-11(8-18)7-17(10-14)13-6-4-3-5-12(13)15/h3-6,11,16,18H,7-10H2,1-2H3. The molecule has 0 bridgehead atoms. The summed E-state index contributed by atoms with van der Waals surface area (Å²) in [5, 5.41) is 13.6. The van der Waals surface area contributed by atoms with Crippen LogP contribution in [0, 0.1) is 5.41 Å². The third-order valence-electron chi connectivity index (χ3n) is 3.34. The van der Waals surface area contributed by atoms with Gasteiger partial charge in [0.25, 0.3) is 0 Å². The molecular weight excluding hydrogens is 248 g/mol. The number of aliphatic hydroxyl groups is 1. The van der Waals surface area contributed by atoms with Gasteiger partial charge in [-0.15, -0.1) is 0 Å². The molecule has 2 N–H and O–H groups in total. The van der Waals surface area contributed by atoms with E-state index in [9.17, 15) is 5.11 Å². The minimum atomic E-state index is 0.100. The Hall–Kier alpha value is -0.770. The maximum absolute atomic E-state index is 9.40. The van der Waals surface area contributed by atoms with Gasteiger partial charge in [0.15, 0.2) is 0 Å². The molecule has 1 aromatic rings. The Morgan fingerprint density at radius 3 is 2.83 bits per heavy atom. The lowest BCUT2D eigenvalue weighted by molar-refractivity contribution is 0.242. The molecule has 2 rings (SSSR count). The highest BCUT2D eigenvalue weighted by Gasteiger charge is 2.29. The highest BCUT2D eigenvalue weighted by molar-refractivity contribution is 6.33. The van der Waals surface area contributed by atoms with Crippen LogP contribution in [0.15, 0.2) is 24.3 Å². The van der Waals surface area contributed by atoms with Crippen molar-refractivity contribution in [3.05, 3.63) is 29.3 Å². The summed E-state index contributed by atoms with van der Waals surface area (Å²) in [7, 11) is 0. The lowest BCUT2D eigenvalue weighted by Crippen LogP contribution is -2.40. The van der Waals surface area contributed by atoms with Gasteiger partial charge in [-0.2, -0.15) is 0 Å². The molecule has 1 aliphatic heterocycles. The van der Waals surface area contributed by atoms with E-state index in [0.717, 1.165) is 30.3 Å². The fraction of sp³-hybridized carbons (Fsp3) is 0.571. The molecule has 1 heterocycles. The van der Waals surface area contributed by atoms with Crippen LogP contribution >= 0.6 is 11.6 Å². The second-order valence-corrected chi connectivity index (χ2v) is 6.16. The average Bonchev–Trinajstić information content (AvgIpc) is 2.48. The lowest BCUT2D eigenvalue weighted by atomic mass is 9.93. The first-order valence-electron chi connectivity index (χ1n) is 6.35. The van der Waals surface area contributed by atoms with E-state index in [-0.39, 0.29) is 18.1 Å². The van der Waals surface area contributed by atoms with Crippen LogP contribution in [0.1, 0.15) is 13.8 Å². The Bertz CT molecular complexity index is 409. The molecule has 0 aromatic heterocycles. The van der Waals surface area contributed by atoms with E-state index < -0.39 is 0 Å². The number of benzene rings is 1. The van der Waals surface area contributed by atoms with Crippen LogP contribution in [0.3, 0.4) is 0 Å². The van der Waals surface area contributed by atoms with Gasteiger partial charge in [-0.1, -0.05) is 37.6 Å². The van der Waals surface area contributed by atoms with Crippen LogP contribution < -0.4 is 10.2 Å². The maximum Gasteiger partial charge on any atom is 0.0639 e. The third-order valence-corrected chi connectivity index (χ3v) is 3.66. The minimum absolute atomic E-state index is 0.100. The first-order chi connectivity index (χ1) is 8.52. The second-order valence-electron chi connectivity index (χ2n) is 5.76.